The molecule has 21 heavy (non-hydrogen) atoms. The zero-order valence-electron chi connectivity index (χ0n) is 12.0. The van der Waals surface area contributed by atoms with Crippen molar-refractivity contribution >= 4 is 5.91 Å². The number of amides is 1. The Hall–Kier alpha value is -1.90. The number of nitrogens with one attached hydrogen (secondary N) is 1. The molecular weight excluding hydrogens is 271 g/mol. The lowest BCUT2D eigenvalue weighted by molar-refractivity contribution is 0.0947. The molecule has 0 aromatic heterocycles. The Morgan fingerprint density at radius 1 is 1.57 bits per heavy atom. The molecule has 0 radical (unpaired) electrons. The molecule has 1 amide bonds. The SMILES string of the molecule is CN1CCC(CNC(=O)c2ccc(C#CCO)c(F)c2)C1. The Morgan fingerprint density at radius 3 is 3.00 bits per heavy atom. The van der Waals surface area contributed by atoms with Crippen LogP contribution in [0.1, 0.15) is 22.3 Å². The van der Waals surface area contributed by atoms with Gasteiger partial charge < -0.3 is 15.3 Å². The Balaban J connectivity index is 1.94. The lowest BCUT2D eigenvalue weighted by Gasteiger charge is -2.11. The van der Waals surface area contributed by atoms with E-state index in [1.807, 2.05) is 0 Å². The van der Waals surface area contributed by atoms with Gasteiger partial charge in [0.25, 0.3) is 5.91 Å². The summed E-state index contributed by atoms with van der Waals surface area (Å²) < 4.78 is 13.8. The number of rotatable bonds is 3. The fourth-order valence-corrected chi connectivity index (χ4v) is 2.42. The summed E-state index contributed by atoms with van der Waals surface area (Å²) in [7, 11) is 2.06. The van der Waals surface area contributed by atoms with Gasteiger partial charge in [-0.05, 0) is 44.1 Å². The molecule has 2 rings (SSSR count). The van der Waals surface area contributed by atoms with Crippen LogP contribution in [-0.4, -0.2) is 49.2 Å². The highest BCUT2D eigenvalue weighted by Crippen LogP contribution is 2.14. The lowest BCUT2D eigenvalue weighted by atomic mass is 10.1. The quantitative estimate of drug-likeness (QED) is 0.812. The first-order chi connectivity index (χ1) is 10.1. The average Bonchev–Trinajstić information content (AvgIpc) is 2.89. The summed E-state index contributed by atoms with van der Waals surface area (Å²) in [6, 6.07) is 4.17. The van der Waals surface area contributed by atoms with Crippen LogP contribution in [0.5, 0.6) is 0 Å². The van der Waals surface area contributed by atoms with Crippen molar-refractivity contribution in [3.8, 4) is 11.8 Å². The molecule has 1 saturated heterocycles. The van der Waals surface area contributed by atoms with Gasteiger partial charge in [-0.3, -0.25) is 4.79 Å². The molecule has 112 valence electrons. The first-order valence-electron chi connectivity index (χ1n) is 6.96. The van der Waals surface area contributed by atoms with Gasteiger partial charge in [-0.15, -0.1) is 0 Å². The maximum Gasteiger partial charge on any atom is 0.251 e. The summed E-state index contributed by atoms with van der Waals surface area (Å²) in [5, 5.41) is 11.4. The maximum atomic E-state index is 13.8. The summed E-state index contributed by atoms with van der Waals surface area (Å²) in [4.78, 5) is 14.2. The zero-order valence-corrected chi connectivity index (χ0v) is 12.0. The number of halogens is 1. The van der Waals surface area contributed by atoms with Gasteiger partial charge in [0.2, 0.25) is 0 Å². The number of carbonyl (C=O) groups excluding carboxylic acids is 1. The molecule has 5 heteroatoms. The third kappa shape index (κ3) is 4.28. The second-order valence-corrected chi connectivity index (χ2v) is 5.28. The number of hydrogen-bond donors (Lipinski definition) is 2. The molecule has 0 saturated carbocycles. The minimum absolute atomic E-state index is 0.179. The molecule has 1 aliphatic rings. The van der Waals surface area contributed by atoms with Crippen molar-refractivity contribution < 1.29 is 14.3 Å². The van der Waals surface area contributed by atoms with Gasteiger partial charge in [0.05, 0.1) is 5.56 Å². The van der Waals surface area contributed by atoms with E-state index < -0.39 is 5.82 Å². The second-order valence-electron chi connectivity index (χ2n) is 5.28. The summed E-state index contributed by atoms with van der Waals surface area (Å²) in [6.45, 7) is 2.31. The lowest BCUT2D eigenvalue weighted by Crippen LogP contribution is -2.30. The van der Waals surface area contributed by atoms with Crippen molar-refractivity contribution in [2.45, 2.75) is 6.42 Å². The smallest absolute Gasteiger partial charge is 0.251 e. The van der Waals surface area contributed by atoms with Crippen molar-refractivity contribution in [3.05, 3.63) is 35.1 Å². The van der Waals surface area contributed by atoms with Gasteiger partial charge in [-0.25, -0.2) is 4.39 Å². The largest absolute Gasteiger partial charge is 0.384 e. The topological polar surface area (TPSA) is 52.6 Å². The molecule has 2 N–H and O–H groups in total. The van der Waals surface area contributed by atoms with Gasteiger partial charge in [0.15, 0.2) is 0 Å². The maximum absolute atomic E-state index is 13.8. The van der Waals surface area contributed by atoms with E-state index in [2.05, 4.69) is 29.1 Å². The predicted octanol–water partition coefficient (Wildman–Crippen LogP) is 0.851. The summed E-state index contributed by atoms with van der Waals surface area (Å²) in [5.74, 6) is 4.51. The summed E-state index contributed by atoms with van der Waals surface area (Å²) in [5.41, 5.74) is 0.464. The molecule has 1 atom stereocenters. The minimum atomic E-state index is -0.552. The molecule has 0 bridgehead atoms. The third-order valence-corrected chi connectivity index (χ3v) is 3.57. The fourth-order valence-electron chi connectivity index (χ4n) is 2.42. The first-order valence-corrected chi connectivity index (χ1v) is 6.96. The Morgan fingerprint density at radius 2 is 2.38 bits per heavy atom. The highest BCUT2D eigenvalue weighted by Gasteiger charge is 2.20. The number of nitrogens with zero attached hydrogens (tertiary/aromatic N) is 1. The van der Waals surface area contributed by atoms with Gasteiger partial charge in [0.1, 0.15) is 12.4 Å². The average molecular weight is 290 g/mol. The molecule has 1 fully saturated rings. The second kappa shape index (κ2) is 7.21. The molecule has 1 unspecified atom stereocenters. The normalized spacial score (nSPS) is 18.1. The molecular formula is C16H19FN2O2. The van der Waals surface area contributed by atoms with E-state index in [0.29, 0.717) is 12.5 Å². The van der Waals surface area contributed by atoms with Gasteiger partial charge >= 0.3 is 0 Å². The Kier molecular flexibility index (Phi) is 5.32. The van der Waals surface area contributed by atoms with E-state index in [1.54, 1.807) is 6.07 Å². The van der Waals surface area contributed by atoms with Crippen LogP contribution >= 0.6 is 0 Å². The van der Waals surface area contributed by atoms with E-state index in [9.17, 15) is 9.18 Å². The van der Waals surface area contributed by atoms with Crippen LogP contribution in [0.15, 0.2) is 18.2 Å². The Labute approximate surface area is 124 Å². The summed E-state index contributed by atoms with van der Waals surface area (Å²) in [6.07, 6.45) is 1.07. The minimum Gasteiger partial charge on any atom is -0.384 e. The van der Waals surface area contributed by atoms with Gasteiger partial charge in [-0.1, -0.05) is 11.8 Å². The van der Waals surface area contributed by atoms with Crippen molar-refractivity contribution in [1.29, 1.82) is 0 Å². The van der Waals surface area contributed by atoms with Crippen LogP contribution in [0.3, 0.4) is 0 Å². The molecule has 1 heterocycles. The molecule has 1 aromatic rings. The van der Waals surface area contributed by atoms with Crippen LogP contribution in [0.4, 0.5) is 4.39 Å². The monoisotopic (exact) mass is 290 g/mol. The van der Waals surface area contributed by atoms with Crippen LogP contribution in [0, 0.1) is 23.6 Å². The predicted molar refractivity (Wildman–Crippen MR) is 78.3 cm³/mol. The van der Waals surface area contributed by atoms with E-state index in [0.717, 1.165) is 19.5 Å². The van der Waals surface area contributed by atoms with Crippen molar-refractivity contribution in [3.63, 3.8) is 0 Å². The van der Waals surface area contributed by atoms with Gasteiger partial charge in [0, 0.05) is 18.7 Å². The molecule has 0 spiro atoms. The number of hydrogen-bond acceptors (Lipinski definition) is 3. The molecule has 0 aliphatic carbocycles. The van der Waals surface area contributed by atoms with E-state index >= 15 is 0 Å². The van der Waals surface area contributed by atoms with Crippen molar-refractivity contribution in [1.82, 2.24) is 10.2 Å². The first kappa shape index (κ1) is 15.5. The van der Waals surface area contributed by atoms with Crippen LogP contribution in [-0.2, 0) is 0 Å². The van der Waals surface area contributed by atoms with Crippen LogP contribution in [0.25, 0.3) is 0 Å². The highest BCUT2D eigenvalue weighted by atomic mass is 19.1. The van der Waals surface area contributed by atoms with Crippen molar-refractivity contribution in [2.75, 3.05) is 33.3 Å². The molecule has 1 aromatic carbocycles. The van der Waals surface area contributed by atoms with Gasteiger partial charge in [-0.2, -0.15) is 0 Å². The number of benzene rings is 1. The number of aliphatic hydroxyl groups excluding tert-OH is 1. The Bertz CT molecular complexity index is 577. The number of likely N-dealkylation sites (tertiary alicyclic amines) is 1. The zero-order chi connectivity index (χ0) is 15.2. The fraction of sp³-hybridized carbons (Fsp3) is 0.438. The van der Waals surface area contributed by atoms with E-state index in [4.69, 9.17) is 5.11 Å². The third-order valence-electron chi connectivity index (χ3n) is 3.57. The standard InChI is InChI=1S/C16H19FN2O2/c1-19-7-6-12(11-19)10-18-16(21)14-5-4-13(3-2-8-20)15(17)9-14/h4-5,9,12,20H,6-8,10-11H2,1H3,(H,18,21). The van der Waals surface area contributed by atoms with Crippen LogP contribution < -0.4 is 5.32 Å². The number of carbonyl (C=O) groups is 1. The highest BCUT2D eigenvalue weighted by molar-refractivity contribution is 5.94. The molecule has 4 nitrogen and oxygen atoms in total. The van der Waals surface area contributed by atoms with Crippen molar-refractivity contribution in [2.24, 2.45) is 5.92 Å². The molecule has 1 aliphatic heterocycles. The summed E-state index contributed by atoms with van der Waals surface area (Å²) >= 11 is 0. The van der Waals surface area contributed by atoms with E-state index in [1.165, 1.54) is 12.1 Å². The number of aliphatic hydroxyl groups is 1. The van der Waals surface area contributed by atoms with E-state index in [-0.39, 0.29) is 23.6 Å². The van der Waals surface area contributed by atoms with Crippen LogP contribution in [0.2, 0.25) is 0 Å².